The normalized spacial score (nSPS) is 11.6. The summed E-state index contributed by atoms with van der Waals surface area (Å²) in [4.78, 5) is 15.6. The third kappa shape index (κ3) is 9.96. The minimum Gasteiger partial charge on any atom is -0.388 e. The third-order valence-electron chi connectivity index (χ3n) is 3.77. The molecule has 1 aromatic carbocycles. The van der Waals surface area contributed by atoms with Crippen LogP contribution in [0.3, 0.4) is 0 Å². The van der Waals surface area contributed by atoms with E-state index in [1.165, 1.54) is 25.6 Å². The van der Waals surface area contributed by atoms with Crippen LogP contribution < -0.4 is 16.0 Å². The SMILES string of the molecule is CCOP(=S)(OCC)Oc1ncn(-c2ccccc2)n1.COP(=S)(OC)SCc1nc(N)nc(N)n1. The minimum atomic E-state index is -2.82. The first-order valence-corrected chi connectivity index (χ1v) is 17.1. The first-order chi connectivity index (χ1) is 17.2. The molecule has 18 heteroatoms. The summed E-state index contributed by atoms with van der Waals surface area (Å²) in [7, 11) is 3.01. The van der Waals surface area contributed by atoms with Crippen LogP contribution in [0.1, 0.15) is 19.7 Å². The van der Waals surface area contributed by atoms with Crippen LogP contribution in [0.2, 0.25) is 0 Å². The Morgan fingerprint density at radius 2 is 1.53 bits per heavy atom. The standard InChI is InChI=1S/C12H16N3O3PS.C6H12N5O2PS2/c1-3-16-19(20,17-4-2)18-12-13-10-15(14-12)11-8-6-5-7-9-11;1-12-14(15,13-2)16-3-4-9-5(7)11-6(8)10-4/h5-10H,3-4H2,1-2H3;3H2,1-2H3,(H4,7,8,9,10,11). The van der Waals surface area contributed by atoms with E-state index in [4.69, 9.17) is 57.7 Å². The number of nitrogens with two attached hydrogens (primary N) is 2. The van der Waals surface area contributed by atoms with Gasteiger partial charge in [-0.15, -0.1) is 5.10 Å². The van der Waals surface area contributed by atoms with Crippen LogP contribution in [0, 0.1) is 0 Å². The van der Waals surface area contributed by atoms with Crippen LogP contribution >= 0.6 is 23.8 Å². The molecule has 0 aliphatic heterocycles. The van der Waals surface area contributed by atoms with Crippen molar-refractivity contribution in [2.75, 3.05) is 38.9 Å². The molecule has 0 unspecified atom stereocenters. The van der Waals surface area contributed by atoms with Crippen molar-refractivity contribution in [3.8, 4) is 11.7 Å². The summed E-state index contributed by atoms with van der Waals surface area (Å²) in [5, 5.41) is 4.21. The highest BCUT2D eigenvalue weighted by Crippen LogP contribution is 2.60. The molecule has 2 aromatic heterocycles. The Morgan fingerprint density at radius 3 is 2.06 bits per heavy atom. The van der Waals surface area contributed by atoms with Gasteiger partial charge in [0.25, 0.3) is 0 Å². The number of benzene rings is 1. The van der Waals surface area contributed by atoms with Crippen molar-refractivity contribution in [1.29, 1.82) is 0 Å². The van der Waals surface area contributed by atoms with Crippen molar-refractivity contribution < 1.29 is 22.6 Å². The molecule has 0 saturated carbocycles. The third-order valence-corrected chi connectivity index (χ3v) is 11.8. The van der Waals surface area contributed by atoms with Crippen LogP contribution in [0.5, 0.6) is 6.01 Å². The molecule has 0 radical (unpaired) electrons. The van der Waals surface area contributed by atoms with Gasteiger partial charge in [0.1, 0.15) is 12.2 Å². The predicted octanol–water partition coefficient (Wildman–Crippen LogP) is 3.73. The average molecular weight is 595 g/mol. The summed E-state index contributed by atoms with van der Waals surface area (Å²) < 4.78 is 28.1. The van der Waals surface area contributed by atoms with Crippen molar-refractivity contribution in [2.45, 2.75) is 19.6 Å². The van der Waals surface area contributed by atoms with Crippen LogP contribution in [0.15, 0.2) is 36.7 Å². The highest BCUT2D eigenvalue weighted by molar-refractivity contribution is 8.67. The van der Waals surface area contributed by atoms with Gasteiger partial charge in [-0.25, -0.2) is 4.68 Å². The van der Waals surface area contributed by atoms with Crippen molar-refractivity contribution >= 4 is 59.3 Å². The van der Waals surface area contributed by atoms with E-state index >= 15 is 0 Å². The van der Waals surface area contributed by atoms with Gasteiger partial charge in [0.05, 0.1) is 24.7 Å². The molecule has 2 heterocycles. The lowest BCUT2D eigenvalue weighted by Gasteiger charge is -2.18. The quantitative estimate of drug-likeness (QED) is 0.291. The number of para-hydroxylation sites is 1. The van der Waals surface area contributed by atoms with Gasteiger partial charge in [-0.1, -0.05) is 29.6 Å². The van der Waals surface area contributed by atoms with Gasteiger partial charge in [0.2, 0.25) is 17.6 Å². The summed E-state index contributed by atoms with van der Waals surface area (Å²) in [6.45, 7) is 1.67. The summed E-state index contributed by atoms with van der Waals surface area (Å²) in [5.41, 5.74) is 9.44. The van der Waals surface area contributed by atoms with Crippen LogP contribution in [0.25, 0.3) is 5.69 Å². The second-order valence-corrected chi connectivity index (χ2v) is 15.7. The van der Waals surface area contributed by atoms with E-state index < -0.39 is 12.4 Å². The molecule has 3 rings (SSSR count). The lowest BCUT2D eigenvalue weighted by atomic mass is 10.3. The van der Waals surface area contributed by atoms with E-state index in [1.807, 2.05) is 44.2 Å². The first-order valence-electron chi connectivity index (χ1n) is 10.3. The first kappa shape index (κ1) is 30.5. The molecular formula is C18H28N8O5P2S3. The monoisotopic (exact) mass is 594 g/mol. The van der Waals surface area contributed by atoms with E-state index in [1.54, 1.807) is 11.0 Å². The van der Waals surface area contributed by atoms with E-state index in [0.717, 1.165) is 5.69 Å². The number of hydrogen-bond donors (Lipinski definition) is 2. The number of anilines is 2. The summed E-state index contributed by atoms with van der Waals surface area (Å²) in [6, 6.07) is 9.75. The Balaban J connectivity index is 0.000000261. The Bertz CT molecular complexity index is 1150. The van der Waals surface area contributed by atoms with Crippen LogP contribution in [-0.2, 0) is 47.5 Å². The summed E-state index contributed by atoms with van der Waals surface area (Å²) in [6.07, 6.45) is 1.56. The van der Waals surface area contributed by atoms with Gasteiger partial charge in [0, 0.05) is 26.0 Å². The predicted molar refractivity (Wildman–Crippen MR) is 148 cm³/mol. The molecule has 0 aliphatic rings. The minimum absolute atomic E-state index is 0.0891. The molecular weight excluding hydrogens is 566 g/mol. The van der Waals surface area contributed by atoms with Gasteiger partial charge in [-0.2, -0.15) is 19.9 Å². The van der Waals surface area contributed by atoms with Crippen LogP contribution in [-0.4, -0.2) is 57.1 Å². The summed E-state index contributed by atoms with van der Waals surface area (Å²) >= 11 is 11.7. The van der Waals surface area contributed by atoms with E-state index in [9.17, 15) is 0 Å². The lowest BCUT2D eigenvalue weighted by Crippen LogP contribution is -2.06. The van der Waals surface area contributed by atoms with E-state index in [-0.39, 0.29) is 17.9 Å². The van der Waals surface area contributed by atoms with Gasteiger partial charge in [0.15, 0.2) is 0 Å². The Labute approximate surface area is 223 Å². The molecule has 13 nitrogen and oxygen atoms in total. The molecule has 3 aromatic rings. The lowest BCUT2D eigenvalue weighted by molar-refractivity contribution is 0.214. The van der Waals surface area contributed by atoms with Gasteiger partial charge in [-0.3, -0.25) is 9.05 Å². The maximum atomic E-state index is 5.52. The second-order valence-electron chi connectivity index (χ2n) is 6.24. The van der Waals surface area contributed by atoms with Crippen molar-refractivity contribution in [3.63, 3.8) is 0 Å². The summed E-state index contributed by atoms with van der Waals surface area (Å²) in [5.74, 6) is 1.05. The van der Waals surface area contributed by atoms with Gasteiger partial charge >= 0.3 is 12.7 Å². The highest BCUT2D eigenvalue weighted by atomic mass is 32.9. The van der Waals surface area contributed by atoms with Gasteiger partial charge in [-0.05, 0) is 37.8 Å². The van der Waals surface area contributed by atoms with Crippen LogP contribution in [0.4, 0.5) is 11.9 Å². The zero-order valence-corrected chi connectivity index (χ0v) is 24.3. The Hall–Kier alpha value is -1.74. The molecule has 0 amide bonds. The van der Waals surface area contributed by atoms with Gasteiger partial charge < -0.3 is 25.0 Å². The second kappa shape index (κ2) is 14.9. The zero-order valence-electron chi connectivity index (χ0n) is 20.1. The molecule has 0 spiro atoms. The maximum absolute atomic E-state index is 5.52. The zero-order chi connectivity index (χ0) is 26.6. The molecule has 0 saturated heterocycles. The molecule has 0 aliphatic carbocycles. The fourth-order valence-corrected chi connectivity index (χ4v) is 6.96. The topological polar surface area (TPSA) is 168 Å². The van der Waals surface area contributed by atoms with E-state index in [0.29, 0.717) is 24.8 Å². The molecule has 0 bridgehead atoms. The van der Waals surface area contributed by atoms with Crippen molar-refractivity contribution in [1.82, 2.24) is 29.7 Å². The molecule has 0 atom stereocenters. The Morgan fingerprint density at radius 1 is 0.944 bits per heavy atom. The highest BCUT2D eigenvalue weighted by Gasteiger charge is 2.23. The maximum Gasteiger partial charge on any atom is 0.382 e. The number of rotatable bonds is 12. The van der Waals surface area contributed by atoms with Crippen molar-refractivity contribution in [2.24, 2.45) is 0 Å². The number of aromatic nitrogens is 6. The largest absolute Gasteiger partial charge is 0.388 e. The Kier molecular flexibility index (Phi) is 12.6. The number of nitrogen functional groups attached to an aromatic ring is 2. The smallest absolute Gasteiger partial charge is 0.382 e. The fraction of sp³-hybridized carbons (Fsp3) is 0.389. The molecule has 0 fully saturated rings. The van der Waals surface area contributed by atoms with E-state index in [2.05, 4.69) is 25.0 Å². The molecule has 36 heavy (non-hydrogen) atoms. The number of hydrogen-bond acceptors (Lipinski definition) is 15. The average Bonchev–Trinajstić information content (AvgIpc) is 3.31. The van der Waals surface area contributed by atoms with Crippen molar-refractivity contribution in [3.05, 3.63) is 42.5 Å². The fourth-order valence-electron chi connectivity index (χ4n) is 2.34. The molecule has 198 valence electrons. The molecule has 4 N–H and O–H groups in total. The number of nitrogens with zero attached hydrogens (tertiary/aromatic N) is 6.